The molecule has 8 heteroatoms. The van der Waals surface area contributed by atoms with Crippen molar-refractivity contribution in [2.75, 3.05) is 0 Å². The van der Waals surface area contributed by atoms with Crippen molar-refractivity contribution in [2.24, 2.45) is 5.41 Å². The maximum absolute atomic E-state index is 11.9. The van der Waals surface area contributed by atoms with Gasteiger partial charge >= 0.3 is 0 Å². The van der Waals surface area contributed by atoms with E-state index in [0.717, 1.165) is 5.69 Å². The van der Waals surface area contributed by atoms with Crippen LogP contribution in [-0.4, -0.2) is 32.0 Å². The van der Waals surface area contributed by atoms with Crippen molar-refractivity contribution in [3.05, 3.63) is 36.2 Å². The first-order valence-electron chi connectivity index (χ1n) is 6.78. The minimum Gasteiger partial charge on any atom is -0.273 e. The van der Waals surface area contributed by atoms with Crippen LogP contribution in [0.25, 0.3) is 5.69 Å². The van der Waals surface area contributed by atoms with Crippen LogP contribution in [0.5, 0.6) is 0 Å². The highest BCUT2D eigenvalue weighted by molar-refractivity contribution is 5.95. The highest BCUT2D eigenvalue weighted by Gasteiger charge is 2.16. The molecule has 0 aliphatic rings. The van der Waals surface area contributed by atoms with Gasteiger partial charge in [-0.3, -0.25) is 20.4 Å². The summed E-state index contributed by atoms with van der Waals surface area (Å²) in [5, 5.41) is 10.8. The smallest absolute Gasteiger partial charge is 0.269 e. The van der Waals surface area contributed by atoms with Gasteiger partial charge in [0.2, 0.25) is 5.91 Å². The van der Waals surface area contributed by atoms with E-state index in [2.05, 4.69) is 26.4 Å². The standard InChI is InChI=1S/C14H18N6O2/c1-14(2,3)8-12(21)16-17-13(22)10-4-6-11(7-5-10)20-9-15-18-19-20/h4-7,9H,8H2,1-3H3,(H,16,21)(H,17,22). The Labute approximate surface area is 127 Å². The Hall–Kier alpha value is -2.77. The van der Waals surface area contributed by atoms with Gasteiger partial charge < -0.3 is 0 Å². The van der Waals surface area contributed by atoms with Crippen LogP contribution in [0.3, 0.4) is 0 Å². The molecule has 116 valence electrons. The lowest BCUT2D eigenvalue weighted by atomic mass is 9.92. The van der Waals surface area contributed by atoms with Crippen LogP contribution in [0.15, 0.2) is 30.6 Å². The Morgan fingerprint density at radius 1 is 1.14 bits per heavy atom. The average Bonchev–Trinajstić information content (AvgIpc) is 2.97. The molecule has 0 spiro atoms. The third kappa shape index (κ3) is 4.37. The summed E-state index contributed by atoms with van der Waals surface area (Å²) in [7, 11) is 0. The van der Waals surface area contributed by atoms with Gasteiger partial charge in [0.1, 0.15) is 6.33 Å². The Morgan fingerprint density at radius 2 is 1.82 bits per heavy atom. The molecule has 0 saturated heterocycles. The molecule has 0 unspecified atom stereocenters. The Balaban J connectivity index is 1.92. The Morgan fingerprint density at radius 3 is 2.36 bits per heavy atom. The molecule has 22 heavy (non-hydrogen) atoms. The third-order valence-electron chi connectivity index (χ3n) is 2.75. The molecule has 0 radical (unpaired) electrons. The lowest BCUT2D eigenvalue weighted by Crippen LogP contribution is -2.42. The second kappa shape index (κ2) is 6.33. The van der Waals surface area contributed by atoms with E-state index < -0.39 is 0 Å². The van der Waals surface area contributed by atoms with Crippen LogP contribution in [-0.2, 0) is 4.79 Å². The van der Waals surface area contributed by atoms with Crippen molar-refractivity contribution in [3.8, 4) is 5.69 Å². The summed E-state index contributed by atoms with van der Waals surface area (Å²) in [6.07, 6.45) is 1.79. The van der Waals surface area contributed by atoms with E-state index in [1.807, 2.05) is 20.8 Å². The summed E-state index contributed by atoms with van der Waals surface area (Å²) in [6.45, 7) is 5.85. The van der Waals surface area contributed by atoms with Crippen LogP contribution in [0.2, 0.25) is 0 Å². The number of aromatic nitrogens is 4. The van der Waals surface area contributed by atoms with Crippen molar-refractivity contribution in [3.63, 3.8) is 0 Å². The van der Waals surface area contributed by atoms with E-state index in [0.29, 0.717) is 12.0 Å². The number of carbonyl (C=O) groups is 2. The molecule has 0 fully saturated rings. The fourth-order valence-corrected chi connectivity index (χ4v) is 1.77. The number of rotatable bonds is 3. The second-order valence-corrected chi connectivity index (χ2v) is 6.04. The molecular formula is C14H18N6O2. The van der Waals surface area contributed by atoms with Crippen LogP contribution in [0.1, 0.15) is 37.6 Å². The number of carbonyl (C=O) groups excluding carboxylic acids is 2. The molecule has 0 bridgehead atoms. The summed E-state index contributed by atoms with van der Waals surface area (Å²) in [6, 6.07) is 6.68. The van der Waals surface area contributed by atoms with Crippen LogP contribution in [0, 0.1) is 5.41 Å². The molecule has 2 amide bonds. The molecule has 0 saturated carbocycles. The largest absolute Gasteiger partial charge is 0.273 e. The third-order valence-corrected chi connectivity index (χ3v) is 2.75. The summed E-state index contributed by atoms with van der Waals surface area (Å²) < 4.78 is 1.48. The van der Waals surface area contributed by atoms with Gasteiger partial charge in [-0.25, -0.2) is 4.68 Å². The highest BCUT2D eigenvalue weighted by atomic mass is 16.2. The zero-order chi connectivity index (χ0) is 16.2. The topological polar surface area (TPSA) is 102 Å². The molecule has 8 nitrogen and oxygen atoms in total. The molecule has 1 heterocycles. The fourth-order valence-electron chi connectivity index (χ4n) is 1.77. The zero-order valence-electron chi connectivity index (χ0n) is 12.7. The molecule has 0 atom stereocenters. The van der Waals surface area contributed by atoms with E-state index in [9.17, 15) is 9.59 Å². The summed E-state index contributed by atoms with van der Waals surface area (Å²) in [4.78, 5) is 23.6. The van der Waals surface area contributed by atoms with Crippen molar-refractivity contribution >= 4 is 11.8 Å². The maximum atomic E-state index is 11.9. The minimum absolute atomic E-state index is 0.137. The fraction of sp³-hybridized carbons (Fsp3) is 0.357. The lowest BCUT2D eigenvalue weighted by molar-refractivity contribution is -0.123. The predicted molar refractivity (Wildman–Crippen MR) is 78.8 cm³/mol. The number of nitrogens with one attached hydrogen (secondary N) is 2. The number of hydrazine groups is 1. The first-order chi connectivity index (χ1) is 10.3. The summed E-state index contributed by atoms with van der Waals surface area (Å²) >= 11 is 0. The summed E-state index contributed by atoms with van der Waals surface area (Å²) in [5.41, 5.74) is 5.82. The van der Waals surface area contributed by atoms with Gasteiger partial charge in [-0.2, -0.15) is 0 Å². The van der Waals surface area contributed by atoms with Gasteiger partial charge in [0.15, 0.2) is 0 Å². The van der Waals surface area contributed by atoms with E-state index >= 15 is 0 Å². The molecule has 1 aromatic heterocycles. The van der Waals surface area contributed by atoms with Crippen molar-refractivity contribution < 1.29 is 9.59 Å². The first kappa shape index (κ1) is 15.6. The summed E-state index contributed by atoms with van der Waals surface area (Å²) in [5.74, 6) is -0.614. The minimum atomic E-state index is -0.384. The van der Waals surface area contributed by atoms with Gasteiger partial charge in [0, 0.05) is 12.0 Å². The van der Waals surface area contributed by atoms with E-state index in [1.54, 1.807) is 24.3 Å². The molecule has 0 aliphatic heterocycles. The monoisotopic (exact) mass is 302 g/mol. The second-order valence-electron chi connectivity index (χ2n) is 6.04. The molecular weight excluding hydrogens is 284 g/mol. The number of tetrazole rings is 1. The van der Waals surface area contributed by atoms with Crippen molar-refractivity contribution in [1.29, 1.82) is 0 Å². The molecule has 2 N–H and O–H groups in total. The van der Waals surface area contributed by atoms with Gasteiger partial charge in [0.05, 0.1) is 5.69 Å². The normalized spacial score (nSPS) is 11.0. The SMILES string of the molecule is CC(C)(C)CC(=O)NNC(=O)c1ccc(-n2cnnn2)cc1. The maximum Gasteiger partial charge on any atom is 0.269 e. The van der Waals surface area contributed by atoms with Gasteiger partial charge in [-0.15, -0.1) is 5.10 Å². The Kier molecular flexibility index (Phi) is 4.50. The first-order valence-corrected chi connectivity index (χ1v) is 6.78. The molecule has 2 aromatic rings. The molecule has 0 aliphatic carbocycles. The number of amides is 2. The molecule has 1 aromatic carbocycles. The highest BCUT2D eigenvalue weighted by Crippen LogP contribution is 2.17. The van der Waals surface area contributed by atoms with E-state index in [-0.39, 0.29) is 17.2 Å². The van der Waals surface area contributed by atoms with Crippen LogP contribution < -0.4 is 10.9 Å². The van der Waals surface area contributed by atoms with Gasteiger partial charge in [-0.05, 0) is 40.1 Å². The van der Waals surface area contributed by atoms with Gasteiger partial charge in [0.25, 0.3) is 5.91 Å². The number of hydrogen-bond acceptors (Lipinski definition) is 5. The van der Waals surface area contributed by atoms with Crippen LogP contribution >= 0.6 is 0 Å². The zero-order valence-corrected chi connectivity index (χ0v) is 12.7. The Bertz CT molecular complexity index is 643. The van der Waals surface area contributed by atoms with Crippen molar-refractivity contribution in [1.82, 2.24) is 31.1 Å². The van der Waals surface area contributed by atoms with E-state index in [4.69, 9.17) is 0 Å². The lowest BCUT2D eigenvalue weighted by Gasteiger charge is -2.17. The quantitative estimate of drug-likeness (QED) is 0.819. The number of nitrogens with zero attached hydrogens (tertiary/aromatic N) is 4. The predicted octanol–water partition coefficient (Wildman–Crippen LogP) is 0.859. The van der Waals surface area contributed by atoms with Gasteiger partial charge in [-0.1, -0.05) is 20.8 Å². The van der Waals surface area contributed by atoms with Crippen LogP contribution in [0.4, 0.5) is 0 Å². The number of benzene rings is 1. The average molecular weight is 302 g/mol. The number of hydrogen-bond donors (Lipinski definition) is 2. The van der Waals surface area contributed by atoms with E-state index in [1.165, 1.54) is 11.0 Å². The van der Waals surface area contributed by atoms with Crippen molar-refractivity contribution in [2.45, 2.75) is 27.2 Å². The molecule has 2 rings (SSSR count).